The normalized spacial score (nSPS) is 11.7. The van der Waals surface area contributed by atoms with Crippen LogP contribution in [0.15, 0.2) is 212 Å². The van der Waals surface area contributed by atoms with Gasteiger partial charge in [0.15, 0.2) is 0 Å². The van der Waals surface area contributed by atoms with Crippen LogP contribution in [0.4, 0.5) is 0 Å². The van der Waals surface area contributed by atoms with Crippen LogP contribution in [0, 0.1) is 0 Å². The largest absolute Gasteiger partial charge is 0.195 e. The zero-order valence-electron chi connectivity index (χ0n) is 29.3. The molecule has 0 N–H and O–H groups in total. The van der Waals surface area contributed by atoms with Gasteiger partial charge in [-0.15, -0.1) is 11.8 Å². The molecule has 7 aromatic carbocycles. The predicted octanol–water partition coefficient (Wildman–Crippen LogP) is 8.53. The summed E-state index contributed by atoms with van der Waals surface area (Å²) in [6.45, 7) is 6.94. The molecule has 50 heavy (non-hydrogen) atoms. The van der Waals surface area contributed by atoms with Gasteiger partial charge in [0.1, 0.15) is 34.8 Å². The molecule has 3 heteroatoms. The minimum absolute atomic E-state index is 0.240. The molecule has 0 saturated carbocycles. The molecule has 0 bridgehead atoms. The van der Waals surface area contributed by atoms with Gasteiger partial charge < -0.3 is 0 Å². The second kappa shape index (κ2) is 16.4. The van der Waals surface area contributed by atoms with Crippen molar-refractivity contribution in [2.24, 2.45) is 0 Å². The minimum atomic E-state index is -1.69. The van der Waals surface area contributed by atoms with Crippen LogP contribution in [0.1, 0.15) is 20.8 Å². The maximum absolute atomic E-state index is 2.32. The van der Waals surface area contributed by atoms with Crippen LogP contribution in [-0.4, -0.2) is 16.4 Å². The van der Waals surface area contributed by atoms with Gasteiger partial charge in [-0.1, -0.05) is 197 Å². The van der Waals surface area contributed by atoms with Gasteiger partial charge in [0.25, 0.3) is 0 Å². The molecule has 0 aliphatic heterocycles. The Balaban J connectivity index is 0.000000173. The highest BCUT2D eigenvalue weighted by molar-refractivity contribution is 8.13. The van der Waals surface area contributed by atoms with E-state index in [-0.39, 0.29) is 4.75 Å². The zero-order chi connectivity index (χ0) is 34.7. The molecule has 7 rings (SSSR count). The Morgan fingerprint density at radius 2 is 0.580 bits per heavy atom. The van der Waals surface area contributed by atoms with Gasteiger partial charge in [0.05, 0.1) is 0 Å². The van der Waals surface area contributed by atoms with Crippen molar-refractivity contribution < 1.29 is 0 Å². The van der Waals surface area contributed by atoms with E-state index in [2.05, 4.69) is 245 Å². The quantitative estimate of drug-likeness (QED) is 0.109. The molecule has 0 aliphatic carbocycles. The highest BCUT2D eigenvalue weighted by atomic mass is 32.2. The molecule has 0 heterocycles. The fourth-order valence-corrected chi connectivity index (χ4v) is 14.2. The predicted molar refractivity (Wildman–Crippen MR) is 227 cm³/mol. The van der Waals surface area contributed by atoms with Crippen molar-refractivity contribution in [1.29, 1.82) is 0 Å². The molecule has 0 aliphatic rings. The van der Waals surface area contributed by atoms with E-state index in [1.165, 1.54) is 37.8 Å². The third kappa shape index (κ3) is 7.73. The Hall–Kier alpha value is -4.62. The summed E-state index contributed by atoms with van der Waals surface area (Å²) >= 11 is 2.07. The number of rotatable bonds is 9. The Morgan fingerprint density at radius 1 is 0.360 bits per heavy atom. The third-order valence-electron chi connectivity index (χ3n) is 9.48. The molecular formula is C47H46BPS. The van der Waals surface area contributed by atoms with Gasteiger partial charge in [0.2, 0.25) is 0 Å². The van der Waals surface area contributed by atoms with Crippen molar-refractivity contribution in [2.45, 2.75) is 25.5 Å². The Kier molecular flexibility index (Phi) is 11.5. The van der Waals surface area contributed by atoms with Crippen molar-refractivity contribution in [3.05, 3.63) is 212 Å². The molecule has 248 valence electrons. The summed E-state index contributed by atoms with van der Waals surface area (Å²) in [7, 11) is -1.69. The highest BCUT2D eigenvalue weighted by Crippen LogP contribution is 2.58. The zero-order valence-corrected chi connectivity index (χ0v) is 31.1. The number of benzene rings is 7. The van der Waals surface area contributed by atoms with Gasteiger partial charge in [-0.05, 0) is 36.4 Å². The van der Waals surface area contributed by atoms with Crippen LogP contribution in [0.2, 0.25) is 0 Å². The molecule has 7 aromatic rings. The summed E-state index contributed by atoms with van der Waals surface area (Å²) < 4.78 is 0.240. The first kappa shape index (κ1) is 35.2. The lowest BCUT2D eigenvalue weighted by molar-refractivity contribution is 0.805. The summed E-state index contributed by atoms with van der Waals surface area (Å²) in [6, 6.07) is 76.8. The Morgan fingerprint density at radius 3 is 0.800 bits per heavy atom. The van der Waals surface area contributed by atoms with Crippen molar-refractivity contribution in [2.75, 3.05) is 5.49 Å². The van der Waals surface area contributed by atoms with Crippen LogP contribution in [0.3, 0.4) is 0 Å². The summed E-state index contributed by atoms with van der Waals surface area (Å²) in [5.41, 5.74) is 6.48. The van der Waals surface area contributed by atoms with Crippen molar-refractivity contribution in [3.63, 3.8) is 0 Å². The molecule has 0 amide bonds. The van der Waals surface area contributed by atoms with Gasteiger partial charge in [-0.3, -0.25) is 0 Å². The maximum atomic E-state index is 2.32. The van der Waals surface area contributed by atoms with E-state index in [1.807, 2.05) is 0 Å². The molecular weight excluding hydrogens is 638 g/mol. The average molecular weight is 685 g/mol. The average Bonchev–Trinajstić information content (AvgIpc) is 3.18. The maximum Gasteiger partial charge on any atom is 0.122 e. The lowest BCUT2D eigenvalue weighted by Gasteiger charge is -2.44. The lowest BCUT2D eigenvalue weighted by Crippen LogP contribution is -2.74. The SMILES string of the molecule is CC(C)(C)SC[P+](c1ccccc1)(c1ccccc1)c1ccccc1.c1ccc([B-](c2ccccc2)(c2ccccc2)c2ccccc2)cc1. The summed E-state index contributed by atoms with van der Waals surface area (Å²) in [5.74, 6) is 0. The summed E-state index contributed by atoms with van der Waals surface area (Å²) in [5, 5.41) is 4.39. The van der Waals surface area contributed by atoms with E-state index in [9.17, 15) is 0 Å². The van der Waals surface area contributed by atoms with E-state index >= 15 is 0 Å². The number of hydrogen-bond donors (Lipinski definition) is 0. The van der Waals surface area contributed by atoms with Gasteiger partial charge in [0, 0.05) is 4.75 Å². The van der Waals surface area contributed by atoms with Crippen molar-refractivity contribution in [1.82, 2.24) is 0 Å². The highest BCUT2D eigenvalue weighted by Gasteiger charge is 2.46. The van der Waals surface area contributed by atoms with Crippen LogP contribution in [-0.2, 0) is 0 Å². The standard InChI is InChI=1S/C24H20B.C23H26PS/c1-5-13-21(14-6-1)25(22-15-7-2-8-16-22,23-17-9-3-10-18-23)24-19-11-4-12-20-24;1-23(2,3)25-19-24(20-13-7-4-8-14-20,21-15-9-5-10-16-21)22-17-11-6-12-18-22/h1-20H;4-18H,19H2,1-3H3/q-1;+1. The van der Waals surface area contributed by atoms with Gasteiger partial charge >= 0.3 is 0 Å². The number of thioether (sulfide) groups is 1. The first-order valence-electron chi connectivity index (χ1n) is 17.5. The van der Waals surface area contributed by atoms with E-state index < -0.39 is 13.4 Å². The van der Waals surface area contributed by atoms with Crippen LogP contribution >= 0.6 is 19.0 Å². The molecule has 0 radical (unpaired) electrons. The van der Waals surface area contributed by atoms with Gasteiger partial charge in [-0.25, -0.2) is 0 Å². The van der Waals surface area contributed by atoms with E-state index in [1.54, 1.807) is 0 Å². The molecule has 0 aromatic heterocycles. The van der Waals surface area contributed by atoms with Crippen LogP contribution in [0.25, 0.3) is 0 Å². The van der Waals surface area contributed by atoms with E-state index in [0.29, 0.717) is 0 Å². The molecule has 0 nitrogen and oxygen atoms in total. The van der Waals surface area contributed by atoms with Crippen LogP contribution in [0.5, 0.6) is 0 Å². The van der Waals surface area contributed by atoms with Crippen molar-refractivity contribution >= 4 is 62.9 Å². The minimum Gasteiger partial charge on any atom is -0.195 e. The first-order valence-corrected chi connectivity index (χ1v) is 20.5. The fourth-order valence-electron chi connectivity index (χ4n) is 7.13. The molecule has 0 fully saturated rings. The molecule has 0 saturated heterocycles. The van der Waals surface area contributed by atoms with E-state index in [0.717, 1.165) is 5.49 Å². The monoisotopic (exact) mass is 684 g/mol. The summed E-state index contributed by atoms with van der Waals surface area (Å²) in [4.78, 5) is 0. The topological polar surface area (TPSA) is 0 Å². The summed E-state index contributed by atoms with van der Waals surface area (Å²) in [6.07, 6.45) is -1.22. The Labute approximate surface area is 304 Å². The van der Waals surface area contributed by atoms with Crippen molar-refractivity contribution in [3.8, 4) is 0 Å². The Bertz CT molecular complexity index is 1740. The number of hydrogen-bond acceptors (Lipinski definition) is 1. The third-order valence-corrected chi connectivity index (χ3v) is 16.0. The lowest BCUT2D eigenvalue weighted by atomic mass is 9.13. The smallest absolute Gasteiger partial charge is 0.122 e. The first-order chi connectivity index (χ1) is 24.4. The molecule has 0 atom stereocenters. The second-order valence-corrected chi connectivity index (χ2v) is 19.4. The fraction of sp³-hybridized carbons (Fsp3) is 0.106. The molecule has 0 unspecified atom stereocenters. The second-order valence-electron chi connectivity index (χ2n) is 13.7. The van der Waals surface area contributed by atoms with E-state index in [4.69, 9.17) is 0 Å². The molecule has 0 spiro atoms. The van der Waals surface area contributed by atoms with Crippen LogP contribution < -0.4 is 37.8 Å². The van der Waals surface area contributed by atoms with Gasteiger partial charge in [-0.2, -0.15) is 21.9 Å².